The van der Waals surface area contributed by atoms with Gasteiger partial charge in [0.15, 0.2) is 0 Å². The molecular weight excluding hydrogens is 324 g/mol. The second-order valence-corrected chi connectivity index (χ2v) is 8.58. The van der Waals surface area contributed by atoms with E-state index in [2.05, 4.69) is 16.7 Å². The number of aliphatic carboxylic acids is 1. The predicted molar refractivity (Wildman–Crippen MR) is 93.4 cm³/mol. The minimum Gasteiger partial charge on any atom is -0.481 e. The van der Waals surface area contributed by atoms with Gasteiger partial charge in [-0.25, -0.2) is 4.98 Å². The first-order valence-electron chi connectivity index (χ1n) is 8.82. The summed E-state index contributed by atoms with van der Waals surface area (Å²) in [6.07, 6.45) is 1.55. The zero-order chi connectivity index (χ0) is 16.4. The normalized spacial score (nSPS) is 33.2. The zero-order valence-corrected chi connectivity index (χ0v) is 14.6. The Kier molecular flexibility index (Phi) is 3.24. The molecule has 1 N–H and O–H groups in total. The van der Waals surface area contributed by atoms with E-state index < -0.39 is 5.97 Å². The van der Waals surface area contributed by atoms with Gasteiger partial charge in [-0.15, -0.1) is 0 Å². The lowest BCUT2D eigenvalue weighted by atomic mass is 10.1. The van der Waals surface area contributed by atoms with Crippen LogP contribution in [0, 0.1) is 17.8 Å². The van der Waals surface area contributed by atoms with E-state index in [1.165, 1.54) is 17.7 Å². The van der Waals surface area contributed by atoms with Crippen LogP contribution in [0.4, 0.5) is 11.8 Å². The fraction of sp³-hybridized carbons (Fsp3) is 0.706. The van der Waals surface area contributed by atoms with Crippen LogP contribution in [0.3, 0.4) is 0 Å². The van der Waals surface area contributed by atoms with E-state index >= 15 is 0 Å². The first-order valence-corrected chi connectivity index (χ1v) is 9.98. The molecular formula is C17H22N4O2S. The quantitative estimate of drug-likeness (QED) is 0.894. The topological polar surface area (TPSA) is 69.6 Å². The predicted octanol–water partition coefficient (Wildman–Crippen LogP) is 1.98. The van der Waals surface area contributed by atoms with Crippen molar-refractivity contribution in [2.75, 3.05) is 29.4 Å². The number of fused-ring (bicyclic) bond motifs is 2. The third kappa shape index (κ3) is 2.20. The van der Waals surface area contributed by atoms with Crippen LogP contribution in [0.2, 0.25) is 0 Å². The lowest BCUT2D eigenvalue weighted by Gasteiger charge is -2.39. The van der Waals surface area contributed by atoms with Crippen LogP contribution < -0.4 is 9.80 Å². The number of thioether (sulfide) groups is 1. The van der Waals surface area contributed by atoms with Crippen molar-refractivity contribution in [1.82, 2.24) is 9.97 Å². The van der Waals surface area contributed by atoms with E-state index in [9.17, 15) is 4.79 Å². The summed E-state index contributed by atoms with van der Waals surface area (Å²) in [5.41, 5.74) is 2.52. The number of carboxylic acids is 1. The summed E-state index contributed by atoms with van der Waals surface area (Å²) in [4.78, 5) is 25.4. The molecule has 128 valence electrons. The number of piperidine rings is 1. The molecule has 3 fully saturated rings. The maximum absolute atomic E-state index is 10.9. The highest BCUT2D eigenvalue weighted by Crippen LogP contribution is 2.55. The number of hydrogen-bond donors (Lipinski definition) is 1. The van der Waals surface area contributed by atoms with Gasteiger partial charge in [0, 0.05) is 49.2 Å². The van der Waals surface area contributed by atoms with Gasteiger partial charge < -0.3 is 14.9 Å². The summed E-state index contributed by atoms with van der Waals surface area (Å²) >= 11 is 1.92. The van der Waals surface area contributed by atoms with E-state index in [1.807, 2.05) is 11.8 Å². The maximum atomic E-state index is 10.9. The van der Waals surface area contributed by atoms with Gasteiger partial charge in [0.2, 0.25) is 5.95 Å². The molecule has 0 amide bonds. The summed E-state index contributed by atoms with van der Waals surface area (Å²) in [6, 6.07) is 0.539. The average molecular weight is 346 g/mol. The molecule has 4 heterocycles. The van der Waals surface area contributed by atoms with Crippen LogP contribution in [0.1, 0.15) is 31.0 Å². The van der Waals surface area contributed by atoms with Gasteiger partial charge in [0.25, 0.3) is 0 Å². The molecule has 1 aromatic rings. The summed E-state index contributed by atoms with van der Waals surface area (Å²) in [5, 5.41) is 9.00. The van der Waals surface area contributed by atoms with Crippen molar-refractivity contribution in [1.29, 1.82) is 0 Å². The number of aromatic nitrogens is 2. The van der Waals surface area contributed by atoms with Crippen molar-refractivity contribution >= 4 is 29.5 Å². The van der Waals surface area contributed by atoms with Crippen molar-refractivity contribution in [2.45, 2.75) is 37.3 Å². The molecule has 1 unspecified atom stereocenters. The monoisotopic (exact) mass is 346 g/mol. The molecule has 4 atom stereocenters. The molecule has 0 aromatic carbocycles. The van der Waals surface area contributed by atoms with Gasteiger partial charge in [0.1, 0.15) is 5.82 Å². The van der Waals surface area contributed by atoms with Crippen LogP contribution in [0.15, 0.2) is 0 Å². The molecule has 0 bridgehead atoms. The SMILES string of the molecule is C[C@H]1CCN1c1nc2c(c(N3C[C@@H]4C(CC(=O)O)[C@@H]4C3)n1)CSC2. The van der Waals surface area contributed by atoms with E-state index in [-0.39, 0.29) is 0 Å². The summed E-state index contributed by atoms with van der Waals surface area (Å²) < 4.78 is 0. The molecule has 1 saturated carbocycles. The molecule has 6 nitrogen and oxygen atoms in total. The molecule has 5 rings (SSSR count). The van der Waals surface area contributed by atoms with Crippen molar-refractivity contribution in [3.63, 3.8) is 0 Å². The number of hydrogen-bond acceptors (Lipinski definition) is 6. The van der Waals surface area contributed by atoms with Gasteiger partial charge in [0.05, 0.1) is 5.69 Å². The first-order chi connectivity index (χ1) is 11.6. The summed E-state index contributed by atoms with van der Waals surface area (Å²) in [5.74, 6) is 4.84. The molecule has 24 heavy (non-hydrogen) atoms. The van der Waals surface area contributed by atoms with Crippen LogP contribution >= 0.6 is 11.8 Å². The highest BCUT2D eigenvalue weighted by Gasteiger charge is 2.56. The summed E-state index contributed by atoms with van der Waals surface area (Å²) in [7, 11) is 0. The molecule has 1 aromatic heterocycles. The summed E-state index contributed by atoms with van der Waals surface area (Å²) in [6.45, 7) is 5.21. The number of anilines is 2. The highest BCUT2D eigenvalue weighted by atomic mass is 32.2. The van der Waals surface area contributed by atoms with Crippen molar-refractivity contribution < 1.29 is 9.90 Å². The minimum absolute atomic E-state index is 0.331. The lowest BCUT2D eigenvalue weighted by molar-refractivity contribution is -0.137. The molecule has 3 aliphatic heterocycles. The van der Waals surface area contributed by atoms with E-state index in [0.717, 1.165) is 42.9 Å². The van der Waals surface area contributed by atoms with Crippen molar-refractivity contribution in [3.8, 4) is 0 Å². The lowest BCUT2D eigenvalue weighted by Crippen LogP contribution is -2.47. The standard InChI is InChI=1S/C17H22N4O2S/c1-9-2-3-21(9)17-18-14-8-24-7-13(14)16(19-17)20-5-11-10(4-15(22)23)12(11)6-20/h9-12H,2-8H2,1H3,(H,22,23)/t9-,10?,11-,12+/m0/s1. The maximum Gasteiger partial charge on any atom is 0.303 e. The largest absolute Gasteiger partial charge is 0.481 e. The number of nitrogens with zero attached hydrogens (tertiary/aromatic N) is 4. The fourth-order valence-electron chi connectivity index (χ4n) is 4.55. The molecule has 2 saturated heterocycles. The number of rotatable bonds is 4. The van der Waals surface area contributed by atoms with E-state index in [0.29, 0.717) is 30.2 Å². The Morgan fingerprint density at radius 3 is 2.71 bits per heavy atom. The van der Waals surface area contributed by atoms with Gasteiger partial charge in [-0.05, 0) is 31.1 Å². The number of carbonyl (C=O) groups is 1. The van der Waals surface area contributed by atoms with Gasteiger partial charge in [-0.1, -0.05) is 0 Å². The van der Waals surface area contributed by atoms with Gasteiger partial charge in [-0.2, -0.15) is 16.7 Å². The highest BCUT2D eigenvalue weighted by molar-refractivity contribution is 7.98. The third-order valence-electron chi connectivity index (χ3n) is 6.20. The molecule has 4 aliphatic rings. The van der Waals surface area contributed by atoms with Gasteiger partial charge >= 0.3 is 5.97 Å². The van der Waals surface area contributed by atoms with Crippen molar-refractivity contribution in [3.05, 3.63) is 11.3 Å². The molecule has 7 heteroatoms. The Labute approximate surface area is 145 Å². The number of carboxylic acid groups (broad SMARTS) is 1. The zero-order valence-electron chi connectivity index (χ0n) is 13.8. The third-order valence-corrected chi connectivity index (χ3v) is 7.17. The smallest absolute Gasteiger partial charge is 0.303 e. The Morgan fingerprint density at radius 1 is 1.29 bits per heavy atom. The first kappa shape index (κ1) is 14.8. The Bertz CT molecular complexity index is 700. The van der Waals surface area contributed by atoms with E-state index in [1.54, 1.807) is 0 Å². The Hall–Kier alpha value is -1.50. The minimum atomic E-state index is -0.658. The Morgan fingerprint density at radius 2 is 2.08 bits per heavy atom. The van der Waals surface area contributed by atoms with Crippen LogP contribution in [-0.2, 0) is 16.3 Å². The van der Waals surface area contributed by atoms with Crippen LogP contribution in [-0.4, -0.2) is 46.7 Å². The average Bonchev–Trinajstić information content (AvgIpc) is 2.97. The van der Waals surface area contributed by atoms with Gasteiger partial charge in [-0.3, -0.25) is 4.79 Å². The second-order valence-electron chi connectivity index (χ2n) is 7.59. The molecule has 0 spiro atoms. The van der Waals surface area contributed by atoms with E-state index in [4.69, 9.17) is 15.1 Å². The van der Waals surface area contributed by atoms with Crippen LogP contribution in [0.5, 0.6) is 0 Å². The molecule has 1 aliphatic carbocycles. The Balaban J connectivity index is 1.40. The van der Waals surface area contributed by atoms with Crippen LogP contribution in [0.25, 0.3) is 0 Å². The van der Waals surface area contributed by atoms with Crippen molar-refractivity contribution in [2.24, 2.45) is 17.8 Å². The second kappa shape index (κ2) is 5.25. The molecule has 0 radical (unpaired) electrons. The fourth-order valence-corrected chi connectivity index (χ4v) is 5.59.